The Morgan fingerprint density at radius 3 is 3.09 bits per heavy atom. The molecule has 1 saturated heterocycles. The highest BCUT2D eigenvalue weighted by atomic mass is 32.1. The highest BCUT2D eigenvalue weighted by Gasteiger charge is 2.28. The second-order valence-corrected chi connectivity index (χ2v) is 6.77. The van der Waals surface area contributed by atoms with Gasteiger partial charge in [0, 0.05) is 31.9 Å². The maximum atomic E-state index is 12.3. The number of aromatic nitrogens is 2. The zero-order valence-corrected chi connectivity index (χ0v) is 14.1. The molecule has 0 aromatic carbocycles. The molecule has 122 valence electrons. The van der Waals surface area contributed by atoms with E-state index in [1.165, 1.54) is 0 Å². The predicted octanol–water partition coefficient (Wildman–Crippen LogP) is 1.83. The van der Waals surface area contributed by atoms with Crippen LogP contribution in [0.5, 0.6) is 5.88 Å². The monoisotopic (exact) mass is 332 g/mol. The van der Waals surface area contributed by atoms with Gasteiger partial charge in [0.25, 0.3) is 0 Å². The second-order valence-electron chi connectivity index (χ2n) is 5.73. The summed E-state index contributed by atoms with van der Waals surface area (Å²) in [5, 5.41) is 1.99. The number of amides is 1. The minimum absolute atomic E-state index is 0.0194. The number of anilines is 1. The molecule has 3 heterocycles. The Balaban J connectivity index is 1.55. The molecule has 0 radical (unpaired) electrons. The number of ether oxygens (including phenoxy) is 1. The van der Waals surface area contributed by atoms with Crippen LogP contribution < -0.4 is 9.64 Å². The molecule has 6 nitrogen and oxygen atoms in total. The molecule has 2 aromatic rings. The molecule has 0 bridgehead atoms. The van der Waals surface area contributed by atoms with Gasteiger partial charge in [-0.1, -0.05) is 6.07 Å². The van der Waals surface area contributed by atoms with Crippen molar-refractivity contribution < 1.29 is 9.53 Å². The second kappa shape index (κ2) is 6.95. The third kappa shape index (κ3) is 3.98. The van der Waals surface area contributed by atoms with Crippen molar-refractivity contribution in [2.75, 3.05) is 32.1 Å². The zero-order valence-electron chi connectivity index (χ0n) is 13.3. The molecule has 2 aromatic heterocycles. The molecule has 1 unspecified atom stereocenters. The maximum Gasteiger partial charge on any atom is 0.234 e. The highest BCUT2D eigenvalue weighted by molar-refractivity contribution is 7.10. The number of rotatable bonds is 5. The standard InChI is InChI=1S/C16H20N4O2S/c1-19(2)14-9-17-10-15(18-14)22-12-5-6-20(11-12)16(21)8-13-4-3-7-23-13/h3-4,7,9-10,12H,5-6,8,11H2,1-2H3. The van der Waals surface area contributed by atoms with Crippen molar-refractivity contribution in [2.45, 2.75) is 18.9 Å². The van der Waals surface area contributed by atoms with Gasteiger partial charge < -0.3 is 14.5 Å². The summed E-state index contributed by atoms with van der Waals surface area (Å²) < 4.78 is 5.89. The van der Waals surface area contributed by atoms with Crippen molar-refractivity contribution in [3.8, 4) is 5.88 Å². The van der Waals surface area contributed by atoms with E-state index in [4.69, 9.17) is 4.74 Å². The first-order valence-corrected chi connectivity index (χ1v) is 8.46. The molecule has 3 rings (SSSR count). The molecule has 0 aliphatic carbocycles. The third-order valence-electron chi connectivity index (χ3n) is 3.75. The summed E-state index contributed by atoms with van der Waals surface area (Å²) in [6.07, 6.45) is 4.58. The fraction of sp³-hybridized carbons (Fsp3) is 0.438. The summed E-state index contributed by atoms with van der Waals surface area (Å²) >= 11 is 1.62. The van der Waals surface area contributed by atoms with Gasteiger partial charge in [-0.25, -0.2) is 0 Å². The Morgan fingerprint density at radius 1 is 1.48 bits per heavy atom. The van der Waals surface area contributed by atoms with Crippen LogP contribution in [0.1, 0.15) is 11.3 Å². The SMILES string of the molecule is CN(C)c1cncc(OC2CCN(C(=O)Cc3cccs3)C2)n1. The molecular weight excluding hydrogens is 312 g/mol. The Morgan fingerprint density at radius 2 is 2.35 bits per heavy atom. The van der Waals surface area contributed by atoms with Crippen LogP contribution in [0.4, 0.5) is 5.82 Å². The van der Waals surface area contributed by atoms with Gasteiger partial charge in [0.05, 0.1) is 25.4 Å². The first-order chi connectivity index (χ1) is 11.1. The van der Waals surface area contributed by atoms with E-state index in [9.17, 15) is 4.79 Å². The fourth-order valence-corrected chi connectivity index (χ4v) is 3.20. The quantitative estimate of drug-likeness (QED) is 0.836. The Bertz CT molecular complexity index is 660. The van der Waals surface area contributed by atoms with Crippen LogP contribution in [-0.4, -0.2) is 54.1 Å². The topological polar surface area (TPSA) is 58.6 Å². The summed E-state index contributed by atoms with van der Waals surface area (Å²) in [7, 11) is 3.82. The maximum absolute atomic E-state index is 12.3. The van der Waals surface area contributed by atoms with Crippen LogP contribution >= 0.6 is 11.3 Å². The van der Waals surface area contributed by atoms with Gasteiger partial charge in [0.2, 0.25) is 11.8 Å². The largest absolute Gasteiger partial charge is 0.471 e. The van der Waals surface area contributed by atoms with Gasteiger partial charge >= 0.3 is 0 Å². The molecule has 23 heavy (non-hydrogen) atoms. The van der Waals surface area contributed by atoms with Crippen LogP contribution in [0.3, 0.4) is 0 Å². The van der Waals surface area contributed by atoms with Crippen LogP contribution in [0.15, 0.2) is 29.9 Å². The number of likely N-dealkylation sites (tertiary alicyclic amines) is 1. The van der Waals surface area contributed by atoms with Crippen molar-refractivity contribution >= 4 is 23.1 Å². The molecule has 1 atom stereocenters. The predicted molar refractivity (Wildman–Crippen MR) is 90.0 cm³/mol. The Labute approximate surface area is 139 Å². The summed E-state index contributed by atoms with van der Waals surface area (Å²) in [4.78, 5) is 25.7. The van der Waals surface area contributed by atoms with Crippen molar-refractivity contribution in [3.05, 3.63) is 34.8 Å². The van der Waals surface area contributed by atoms with Gasteiger partial charge in [-0.3, -0.25) is 9.78 Å². The van der Waals surface area contributed by atoms with E-state index in [2.05, 4.69) is 9.97 Å². The number of hydrogen-bond acceptors (Lipinski definition) is 6. The van der Waals surface area contributed by atoms with E-state index in [-0.39, 0.29) is 12.0 Å². The molecule has 1 aliphatic rings. The molecule has 0 saturated carbocycles. The smallest absolute Gasteiger partial charge is 0.234 e. The highest BCUT2D eigenvalue weighted by Crippen LogP contribution is 2.19. The number of carbonyl (C=O) groups excluding carboxylic acids is 1. The van der Waals surface area contributed by atoms with Crippen LogP contribution in [0.2, 0.25) is 0 Å². The van der Waals surface area contributed by atoms with Gasteiger partial charge in [-0.2, -0.15) is 4.98 Å². The lowest BCUT2D eigenvalue weighted by Gasteiger charge is -2.17. The average molecular weight is 332 g/mol. The van der Waals surface area contributed by atoms with Crippen molar-refractivity contribution in [3.63, 3.8) is 0 Å². The van der Waals surface area contributed by atoms with Crippen molar-refractivity contribution in [1.82, 2.24) is 14.9 Å². The van der Waals surface area contributed by atoms with E-state index in [1.807, 2.05) is 41.4 Å². The molecule has 1 aliphatic heterocycles. The van der Waals surface area contributed by atoms with Crippen LogP contribution in [0, 0.1) is 0 Å². The average Bonchev–Trinajstić information content (AvgIpc) is 3.19. The minimum Gasteiger partial charge on any atom is -0.471 e. The van der Waals surface area contributed by atoms with Gasteiger partial charge in [-0.05, 0) is 11.4 Å². The summed E-state index contributed by atoms with van der Waals surface area (Å²) in [5.74, 6) is 1.42. The van der Waals surface area contributed by atoms with E-state index in [0.29, 0.717) is 18.8 Å². The van der Waals surface area contributed by atoms with Crippen LogP contribution in [0.25, 0.3) is 0 Å². The lowest BCUT2D eigenvalue weighted by molar-refractivity contribution is -0.129. The first kappa shape index (κ1) is 15.7. The third-order valence-corrected chi connectivity index (χ3v) is 4.63. The summed E-state index contributed by atoms with van der Waals surface area (Å²) in [5.41, 5.74) is 0. The molecule has 7 heteroatoms. The first-order valence-electron chi connectivity index (χ1n) is 7.58. The van der Waals surface area contributed by atoms with Crippen molar-refractivity contribution in [1.29, 1.82) is 0 Å². The number of nitrogens with zero attached hydrogens (tertiary/aromatic N) is 4. The van der Waals surface area contributed by atoms with E-state index < -0.39 is 0 Å². The fourth-order valence-electron chi connectivity index (χ4n) is 2.51. The Kier molecular flexibility index (Phi) is 4.76. The number of carbonyl (C=O) groups is 1. The normalized spacial score (nSPS) is 17.3. The number of thiophene rings is 1. The summed E-state index contributed by atoms with van der Waals surface area (Å²) in [6, 6.07) is 3.97. The molecule has 1 amide bonds. The van der Waals surface area contributed by atoms with Gasteiger partial charge in [0.1, 0.15) is 6.10 Å². The molecule has 1 fully saturated rings. The van der Waals surface area contributed by atoms with E-state index in [0.717, 1.165) is 23.7 Å². The summed E-state index contributed by atoms with van der Waals surface area (Å²) in [6.45, 7) is 1.34. The van der Waals surface area contributed by atoms with E-state index >= 15 is 0 Å². The number of hydrogen-bond donors (Lipinski definition) is 0. The molecule has 0 spiro atoms. The zero-order chi connectivity index (χ0) is 16.2. The van der Waals surface area contributed by atoms with Crippen LogP contribution in [-0.2, 0) is 11.2 Å². The lowest BCUT2D eigenvalue weighted by atomic mass is 10.3. The molecular formula is C16H20N4O2S. The Hall–Kier alpha value is -2.15. The van der Waals surface area contributed by atoms with Crippen molar-refractivity contribution in [2.24, 2.45) is 0 Å². The van der Waals surface area contributed by atoms with Gasteiger partial charge in [-0.15, -0.1) is 11.3 Å². The molecule has 0 N–H and O–H groups in total. The van der Waals surface area contributed by atoms with E-state index in [1.54, 1.807) is 23.7 Å². The van der Waals surface area contributed by atoms with Gasteiger partial charge in [0.15, 0.2) is 5.82 Å². The minimum atomic E-state index is -0.0194. The lowest BCUT2D eigenvalue weighted by Crippen LogP contribution is -2.32.